The average Bonchev–Trinajstić information content (AvgIpc) is 3.18. The molecule has 0 fully saturated rings. The minimum Gasteiger partial charge on any atom is -0.354 e. The van der Waals surface area contributed by atoms with E-state index in [1.165, 1.54) is 5.56 Å². The molecule has 0 aliphatic heterocycles. The van der Waals surface area contributed by atoms with Gasteiger partial charge in [-0.15, -0.1) is 0 Å². The first-order valence-electron chi connectivity index (χ1n) is 10.7. The van der Waals surface area contributed by atoms with Crippen LogP contribution in [0.5, 0.6) is 0 Å². The summed E-state index contributed by atoms with van der Waals surface area (Å²) >= 11 is 0. The molecule has 0 aliphatic rings. The standard InChI is InChI=1S/C25H30N4O2/c1-5-14-26-24(30)19(4)27-25(31)22-16-29(15-20-10-6-17(2)7-11-20)28-23(22)21-12-8-18(3)9-13-21/h6-13,16,19H,5,14-15H2,1-4H3,(H,26,30)(H,27,31)/t19-/m1/s1. The van der Waals surface area contributed by atoms with Crippen LogP contribution in [0.2, 0.25) is 0 Å². The Kier molecular flexibility index (Phi) is 7.23. The molecule has 6 heteroatoms. The van der Waals surface area contributed by atoms with Gasteiger partial charge < -0.3 is 10.6 Å². The molecule has 0 aliphatic carbocycles. The molecule has 1 heterocycles. The van der Waals surface area contributed by atoms with Gasteiger partial charge in [-0.25, -0.2) is 0 Å². The molecule has 1 aromatic heterocycles. The van der Waals surface area contributed by atoms with Gasteiger partial charge in [-0.1, -0.05) is 66.6 Å². The zero-order valence-corrected chi connectivity index (χ0v) is 18.6. The monoisotopic (exact) mass is 418 g/mol. The second-order valence-electron chi connectivity index (χ2n) is 7.93. The SMILES string of the molecule is CCCNC(=O)[C@@H](C)NC(=O)c1cn(Cc2ccc(C)cc2)nc1-c1ccc(C)cc1. The van der Waals surface area contributed by atoms with Crippen molar-refractivity contribution in [3.63, 3.8) is 0 Å². The van der Waals surface area contributed by atoms with Crippen LogP contribution in [-0.2, 0) is 11.3 Å². The molecule has 0 bridgehead atoms. The van der Waals surface area contributed by atoms with Crippen LogP contribution in [-0.4, -0.2) is 34.2 Å². The molecule has 0 saturated carbocycles. The summed E-state index contributed by atoms with van der Waals surface area (Å²) in [4.78, 5) is 25.2. The highest BCUT2D eigenvalue weighted by atomic mass is 16.2. The van der Waals surface area contributed by atoms with Crippen LogP contribution in [0.25, 0.3) is 11.3 Å². The zero-order valence-electron chi connectivity index (χ0n) is 18.6. The van der Waals surface area contributed by atoms with Gasteiger partial charge in [0.15, 0.2) is 0 Å². The maximum atomic E-state index is 13.1. The number of aryl methyl sites for hydroxylation is 2. The van der Waals surface area contributed by atoms with Crippen molar-refractivity contribution in [1.29, 1.82) is 0 Å². The van der Waals surface area contributed by atoms with Gasteiger partial charge in [-0.2, -0.15) is 5.10 Å². The lowest BCUT2D eigenvalue weighted by Gasteiger charge is -2.13. The van der Waals surface area contributed by atoms with E-state index in [0.29, 0.717) is 24.3 Å². The predicted octanol–water partition coefficient (Wildman–Crippen LogP) is 3.86. The Morgan fingerprint density at radius 3 is 2.23 bits per heavy atom. The van der Waals surface area contributed by atoms with Gasteiger partial charge in [0.2, 0.25) is 5.91 Å². The Balaban J connectivity index is 1.88. The quantitative estimate of drug-likeness (QED) is 0.583. The lowest BCUT2D eigenvalue weighted by atomic mass is 10.1. The number of nitrogens with zero attached hydrogens (tertiary/aromatic N) is 2. The third-order valence-electron chi connectivity index (χ3n) is 5.09. The average molecular weight is 419 g/mol. The van der Waals surface area contributed by atoms with Crippen LogP contribution >= 0.6 is 0 Å². The molecule has 2 amide bonds. The third kappa shape index (κ3) is 5.81. The fourth-order valence-corrected chi connectivity index (χ4v) is 3.21. The topological polar surface area (TPSA) is 76.0 Å². The van der Waals surface area contributed by atoms with Gasteiger partial charge in [0, 0.05) is 18.3 Å². The molecule has 2 N–H and O–H groups in total. The van der Waals surface area contributed by atoms with Crippen LogP contribution in [0, 0.1) is 13.8 Å². The molecule has 0 radical (unpaired) electrons. The Labute approximate surface area is 183 Å². The number of carbonyl (C=O) groups excluding carboxylic acids is 2. The van der Waals surface area contributed by atoms with Crippen molar-refractivity contribution < 1.29 is 9.59 Å². The fourth-order valence-electron chi connectivity index (χ4n) is 3.21. The number of carbonyl (C=O) groups is 2. The summed E-state index contributed by atoms with van der Waals surface area (Å²) in [5.74, 6) is -0.510. The van der Waals surface area contributed by atoms with Crippen LogP contribution in [0.15, 0.2) is 54.7 Å². The van der Waals surface area contributed by atoms with Crippen LogP contribution in [0.4, 0.5) is 0 Å². The van der Waals surface area contributed by atoms with Crippen molar-refractivity contribution in [3.8, 4) is 11.3 Å². The van der Waals surface area contributed by atoms with E-state index in [1.54, 1.807) is 17.8 Å². The molecule has 3 rings (SSSR count). The Morgan fingerprint density at radius 2 is 1.61 bits per heavy atom. The Morgan fingerprint density at radius 1 is 1.00 bits per heavy atom. The van der Waals surface area contributed by atoms with Gasteiger partial charge in [0.05, 0.1) is 12.1 Å². The van der Waals surface area contributed by atoms with Crippen molar-refractivity contribution in [1.82, 2.24) is 20.4 Å². The molecule has 0 saturated heterocycles. The first kappa shape index (κ1) is 22.3. The molecule has 2 aromatic carbocycles. The number of hydrogen-bond acceptors (Lipinski definition) is 3. The molecule has 6 nitrogen and oxygen atoms in total. The van der Waals surface area contributed by atoms with E-state index in [1.807, 2.05) is 45.0 Å². The summed E-state index contributed by atoms with van der Waals surface area (Å²) in [6, 6.07) is 15.5. The van der Waals surface area contributed by atoms with Gasteiger partial charge >= 0.3 is 0 Å². The summed E-state index contributed by atoms with van der Waals surface area (Å²) in [7, 11) is 0. The van der Waals surface area contributed by atoms with E-state index in [0.717, 1.165) is 23.1 Å². The van der Waals surface area contributed by atoms with E-state index in [9.17, 15) is 9.59 Å². The largest absolute Gasteiger partial charge is 0.354 e. The molecule has 31 heavy (non-hydrogen) atoms. The van der Waals surface area contributed by atoms with Crippen LogP contribution < -0.4 is 10.6 Å². The lowest BCUT2D eigenvalue weighted by Crippen LogP contribution is -2.45. The van der Waals surface area contributed by atoms with Crippen LogP contribution in [0.1, 0.15) is 47.3 Å². The van der Waals surface area contributed by atoms with Crippen molar-refractivity contribution >= 4 is 11.8 Å². The first-order valence-corrected chi connectivity index (χ1v) is 10.7. The highest BCUT2D eigenvalue weighted by Crippen LogP contribution is 2.23. The van der Waals surface area contributed by atoms with Crippen molar-refractivity contribution in [2.45, 2.75) is 46.7 Å². The first-order chi connectivity index (χ1) is 14.9. The fraction of sp³-hybridized carbons (Fsp3) is 0.320. The van der Waals surface area contributed by atoms with Gasteiger partial charge in [0.1, 0.15) is 11.7 Å². The summed E-state index contributed by atoms with van der Waals surface area (Å²) in [6.07, 6.45) is 2.59. The Bertz CT molecular complexity index is 1040. The van der Waals surface area contributed by atoms with E-state index in [2.05, 4.69) is 34.9 Å². The second-order valence-corrected chi connectivity index (χ2v) is 7.93. The molecule has 1 atom stereocenters. The number of rotatable bonds is 8. The summed E-state index contributed by atoms with van der Waals surface area (Å²) < 4.78 is 1.77. The maximum absolute atomic E-state index is 13.1. The lowest BCUT2D eigenvalue weighted by molar-refractivity contribution is -0.122. The smallest absolute Gasteiger partial charge is 0.255 e. The Hall–Kier alpha value is -3.41. The van der Waals surface area contributed by atoms with Crippen molar-refractivity contribution in [2.75, 3.05) is 6.54 Å². The van der Waals surface area contributed by atoms with Gasteiger partial charge in [-0.05, 0) is 32.8 Å². The van der Waals surface area contributed by atoms with Gasteiger partial charge in [0.25, 0.3) is 5.91 Å². The van der Waals surface area contributed by atoms with Crippen LogP contribution in [0.3, 0.4) is 0 Å². The van der Waals surface area contributed by atoms with Gasteiger partial charge in [-0.3, -0.25) is 14.3 Å². The normalized spacial score (nSPS) is 11.7. The van der Waals surface area contributed by atoms with E-state index >= 15 is 0 Å². The summed E-state index contributed by atoms with van der Waals surface area (Å²) in [5.41, 5.74) is 5.34. The second kappa shape index (κ2) is 10.1. The predicted molar refractivity (Wildman–Crippen MR) is 123 cm³/mol. The number of hydrogen-bond donors (Lipinski definition) is 2. The highest BCUT2D eigenvalue weighted by Gasteiger charge is 2.22. The van der Waals surface area contributed by atoms with Crippen molar-refractivity contribution in [3.05, 3.63) is 77.0 Å². The number of nitrogens with one attached hydrogen (secondary N) is 2. The number of aromatic nitrogens is 2. The maximum Gasteiger partial charge on any atom is 0.255 e. The zero-order chi connectivity index (χ0) is 22.4. The minimum atomic E-state index is -0.634. The van der Waals surface area contributed by atoms with E-state index in [4.69, 9.17) is 5.10 Å². The summed E-state index contributed by atoms with van der Waals surface area (Å²) in [5, 5.41) is 10.3. The number of benzene rings is 2. The number of amides is 2. The van der Waals surface area contributed by atoms with E-state index in [-0.39, 0.29) is 11.8 Å². The molecule has 3 aromatic rings. The minimum absolute atomic E-state index is 0.195. The molecule has 0 unspecified atom stereocenters. The summed E-state index contributed by atoms with van der Waals surface area (Å²) in [6.45, 7) is 8.88. The molecule has 0 spiro atoms. The van der Waals surface area contributed by atoms with Crippen molar-refractivity contribution in [2.24, 2.45) is 0 Å². The van der Waals surface area contributed by atoms with E-state index < -0.39 is 6.04 Å². The molecular formula is C25H30N4O2. The molecule has 162 valence electrons. The molecular weight excluding hydrogens is 388 g/mol. The third-order valence-corrected chi connectivity index (χ3v) is 5.09. The highest BCUT2D eigenvalue weighted by molar-refractivity contribution is 6.01.